The quantitative estimate of drug-likeness (QED) is 0.574. The SMILES string of the molecule is CCC(CC)NC(=O)CNC(C)C(=O)O. The topological polar surface area (TPSA) is 78.4 Å². The summed E-state index contributed by atoms with van der Waals surface area (Å²) in [6.45, 7) is 5.56. The molecule has 15 heavy (non-hydrogen) atoms. The Hall–Kier alpha value is -1.10. The van der Waals surface area contributed by atoms with E-state index >= 15 is 0 Å². The Morgan fingerprint density at radius 2 is 1.80 bits per heavy atom. The van der Waals surface area contributed by atoms with Crippen LogP contribution in [0.4, 0.5) is 0 Å². The fraction of sp³-hybridized carbons (Fsp3) is 0.800. The molecule has 1 amide bonds. The number of hydrogen-bond donors (Lipinski definition) is 3. The lowest BCUT2D eigenvalue weighted by Crippen LogP contribution is -2.44. The molecular weight excluding hydrogens is 196 g/mol. The van der Waals surface area contributed by atoms with Crippen molar-refractivity contribution < 1.29 is 14.7 Å². The fourth-order valence-electron chi connectivity index (χ4n) is 1.10. The van der Waals surface area contributed by atoms with E-state index in [4.69, 9.17) is 5.11 Å². The van der Waals surface area contributed by atoms with Crippen LogP contribution >= 0.6 is 0 Å². The number of carbonyl (C=O) groups excluding carboxylic acids is 1. The summed E-state index contributed by atoms with van der Waals surface area (Å²) >= 11 is 0. The molecule has 0 aromatic heterocycles. The van der Waals surface area contributed by atoms with Crippen molar-refractivity contribution in [2.24, 2.45) is 0 Å². The highest BCUT2D eigenvalue weighted by Crippen LogP contribution is 1.95. The van der Waals surface area contributed by atoms with Crippen LogP contribution in [0.25, 0.3) is 0 Å². The summed E-state index contributed by atoms with van der Waals surface area (Å²) in [6.07, 6.45) is 1.77. The van der Waals surface area contributed by atoms with Crippen molar-refractivity contribution in [3.05, 3.63) is 0 Å². The molecule has 0 aliphatic heterocycles. The third-order valence-electron chi connectivity index (χ3n) is 2.29. The van der Waals surface area contributed by atoms with E-state index in [0.29, 0.717) is 0 Å². The monoisotopic (exact) mass is 216 g/mol. The zero-order chi connectivity index (χ0) is 11.8. The molecule has 0 rings (SSSR count). The van der Waals surface area contributed by atoms with Gasteiger partial charge in [-0.05, 0) is 19.8 Å². The lowest BCUT2D eigenvalue weighted by Gasteiger charge is -2.15. The molecule has 0 aromatic carbocycles. The number of amides is 1. The highest BCUT2D eigenvalue weighted by Gasteiger charge is 2.13. The van der Waals surface area contributed by atoms with E-state index < -0.39 is 12.0 Å². The minimum atomic E-state index is -0.953. The Morgan fingerprint density at radius 3 is 2.20 bits per heavy atom. The van der Waals surface area contributed by atoms with Crippen LogP contribution in [0, 0.1) is 0 Å². The van der Waals surface area contributed by atoms with Crippen LogP contribution < -0.4 is 10.6 Å². The molecule has 0 aliphatic carbocycles. The molecule has 0 spiro atoms. The van der Waals surface area contributed by atoms with Gasteiger partial charge in [-0.15, -0.1) is 0 Å². The van der Waals surface area contributed by atoms with Gasteiger partial charge < -0.3 is 10.4 Å². The molecule has 0 radical (unpaired) electrons. The normalized spacial score (nSPS) is 12.5. The third-order valence-corrected chi connectivity index (χ3v) is 2.29. The number of rotatable bonds is 7. The van der Waals surface area contributed by atoms with Crippen molar-refractivity contribution in [2.45, 2.75) is 45.7 Å². The Balaban J connectivity index is 3.79. The van der Waals surface area contributed by atoms with E-state index in [-0.39, 0.29) is 18.5 Å². The molecule has 0 saturated carbocycles. The average molecular weight is 216 g/mol. The Kier molecular flexibility index (Phi) is 6.70. The molecule has 0 aliphatic rings. The molecule has 0 aromatic rings. The zero-order valence-electron chi connectivity index (χ0n) is 9.54. The highest BCUT2D eigenvalue weighted by molar-refractivity contribution is 5.79. The molecule has 0 bridgehead atoms. The van der Waals surface area contributed by atoms with Gasteiger partial charge in [0.05, 0.1) is 6.54 Å². The van der Waals surface area contributed by atoms with Crippen molar-refractivity contribution in [1.82, 2.24) is 10.6 Å². The molecule has 0 fully saturated rings. The smallest absolute Gasteiger partial charge is 0.320 e. The number of carboxylic acid groups (broad SMARTS) is 1. The van der Waals surface area contributed by atoms with E-state index in [1.807, 2.05) is 13.8 Å². The van der Waals surface area contributed by atoms with Crippen LogP contribution in [0.3, 0.4) is 0 Å². The summed E-state index contributed by atoms with van der Waals surface area (Å²) in [5.74, 6) is -1.11. The van der Waals surface area contributed by atoms with Crippen LogP contribution in [0.1, 0.15) is 33.6 Å². The third kappa shape index (κ3) is 6.06. The molecule has 0 saturated heterocycles. The van der Waals surface area contributed by atoms with Gasteiger partial charge in [0, 0.05) is 6.04 Å². The van der Waals surface area contributed by atoms with E-state index in [1.54, 1.807) is 0 Å². The Labute approximate surface area is 90.2 Å². The molecule has 1 unspecified atom stereocenters. The first-order chi connectivity index (χ1) is 7.01. The predicted octanol–water partition coefficient (Wildman–Crippen LogP) is 0.354. The second-order valence-electron chi connectivity index (χ2n) is 3.52. The molecule has 0 heterocycles. The Morgan fingerprint density at radius 1 is 1.27 bits per heavy atom. The minimum Gasteiger partial charge on any atom is -0.480 e. The van der Waals surface area contributed by atoms with E-state index in [1.165, 1.54) is 6.92 Å². The summed E-state index contributed by atoms with van der Waals surface area (Å²) < 4.78 is 0. The Bertz CT molecular complexity index is 215. The van der Waals surface area contributed by atoms with Gasteiger partial charge in [-0.3, -0.25) is 14.9 Å². The average Bonchev–Trinajstić information content (AvgIpc) is 2.22. The van der Waals surface area contributed by atoms with Crippen molar-refractivity contribution in [1.29, 1.82) is 0 Å². The largest absolute Gasteiger partial charge is 0.480 e. The summed E-state index contributed by atoms with van der Waals surface area (Å²) in [4.78, 5) is 21.8. The van der Waals surface area contributed by atoms with Gasteiger partial charge >= 0.3 is 5.97 Å². The molecule has 5 nitrogen and oxygen atoms in total. The molecule has 88 valence electrons. The maximum atomic E-state index is 11.3. The standard InChI is InChI=1S/C10H20N2O3/c1-4-8(5-2)12-9(13)6-11-7(3)10(14)15/h7-8,11H,4-6H2,1-3H3,(H,12,13)(H,14,15). The first-order valence-corrected chi connectivity index (χ1v) is 5.26. The summed E-state index contributed by atoms with van der Waals surface area (Å²) in [5, 5.41) is 14.0. The minimum absolute atomic E-state index is 0.0456. The van der Waals surface area contributed by atoms with Gasteiger partial charge in [0.15, 0.2) is 0 Å². The van der Waals surface area contributed by atoms with Gasteiger partial charge in [0.2, 0.25) is 5.91 Å². The fourth-order valence-corrected chi connectivity index (χ4v) is 1.10. The molecule has 5 heteroatoms. The number of hydrogen-bond acceptors (Lipinski definition) is 3. The van der Waals surface area contributed by atoms with Crippen LogP contribution in [0.15, 0.2) is 0 Å². The number of nitrogens with one attached hydrogen (secondary N) is 2. The lowest BCUT2D eigenvalue weighted by molar-refractivity contribution is -0.139. The van der Waals surface area contributed by atoms with Crippen molar-refractivity contribution >= 4 is 11.9 Å². The van der Waals surface area contributed by atoms with Crippen LogP contribution in [0.2, 0.25) is 0 Å². The van der Waals surface area contributed by atoms with Crippen LogP contribution in [0.5, 0.6) is 0 Å². The molecular formula is C10H20N2O3. The first-order valence-electron chi connectivity index (χ1n) is 5.26. The van der Waals surface area contributed by atoms with Crippen molar-refractivity contribution in [3.8, 4) is 0 Å². The molecule has 3 N–H and O–H groups in total. The van der Waals surface area contributed by atoms with Crippen molar-refractivity contribution in [2.75, 3.05) is 6.54 Å². The van der Waals surface area contributed by atoms with Gasteiger partial charge in [-0.25, -0.2) is 0 Å². The van der Waals surface area contributed by atoms with Gasteiger partial charge in [0.1, 0.15) is 6.04 Å². The van der Waals surface area contributed by atoms with Gasteiger partial charge in [0.25, 0.3) is 0 Å². The van der Waals surface area contributed by atoms with E-state index in [2.05, 4.69) is 10.6 Å². The predicted molar refractivity (Wildman–Crippen MR) is 57.6 cm³/mol. The van der Waals surface area contributed by atoms with Gasteiger partial charge in [-0.1, -0.05) is 13.8 Å². The van der Waals surface area contributed by atoms with Crippen LogP contribution in [-0.4, -0.2) is 35.6 Å². The van der Waals surface area contributed by atoms with Gasteiger partial charge in [-0.2, -0.15) is 0 Å². The second kappa shape index (κ2) is 7.23. The first kappa shape index (κ1) is 13.9. The zero-order valence-corrected chi connectivity index (χ0v) is 9.54. The molecule has 1 atom stereocenters. The highest BCUT2D eigenvalue weighted by atomic mass is 16.4. The van der Waals surface area contributed by atoms with Crippen LogP contribution in [-0.2, 0) is 9.59 Å². The van der Waals surface area contributed by atoms with E-state index in [9.17, 15) is 9.59 Å². The number of aliphatic carboxylic acids is 1. The number of carboxylic acids is 1. The maximum Gasteiger partial charge on any atom is 0.320 e. The second-order valence-corrected chi connectivity index (χ2v) is 3.52. The maximum absolute atomic E-state index is 11.3. The van der Waals surface area contributed by atoms with Crippen molar-refractivity contribution in [3.63, 3.8) is 0 Å². The summed E-state index contributed by atoms with van der Waals surface area (Å²) in [7, 11) is 0. The number of carbonyl (C=O) groups is 2. The lowest BCUT2D eigenvalue weighted by atomic mass is 10.2. The van der Waals surface area contributed by atoms with E-state index in [0.717, 1.165) is 12.8 Å². The summed E-state index contributed by atoms with van der Waals surface area (Å²) in [5.41, 5.74) is 0. The summed E-state index contributed by atoms with van der Waals surface area (Å²) in [6, 6.07) is -0.517.